The van der Waals surface area contributed by atoms with Crippen LogP contribution < -0.4 is 59.2 Å². The van der Waals surface area contributed by atoms with Gasteiger partial charge >= 0.3 is 47.4 Å². The van der Waals surface area contributed by atoms with Gasteiger partial charge in [0.1, 0.15) is 11.5 Å². The van der Waals surface area contributed by atoms with E-state index in [1.54, 1.807) is 0 Å². The summed E-state index contributed by atoms with van der Waals surface area (Å²) < 4.78 is 99.2. The zero-order chi connectivity index (χ0) is 46.4. The van der Waals surface area contributed by atoms with Gasteiger partial charge in [0, 0.05) is 29.8 Å². The number of diazo groups is 3. The van der Waals surface area contributed by atoms with Crippen molar-refractivity contribution in [3.63, 3.8) is 0 Å². The molecule has 326 valence electrons. The summed E-state index contributed by atoms with van der Waals surface area (Å²) in [5.74, 6) is -4.53. The van der Waals surface area contributed by atoms with Crippen molar-refractivity contribution in [3.8, 4) is 34.5 Å². The predicted octanol–water partition coefficient (Wildman–Crippen LogP) is 1.87. The molecule has 65 heavy (non-hydrogen) atoms. The molecule has 0 amide bonds. The van der Waals surface area contributed by atoms with Crippen LogP contribution in [-0.4, -0.2) is 31.0 Å². The summed E-state index contributed by atoms with van der Waals surface area (Å²) in [5, 5.41) is 65.9. The third kappa shape index (κ3) is 7.95. The fraction of sp³-hybridized carbons (Fsp3) is 0.140. The van der Waals surface area contributed by atoms with E-state index < -0.39 is 70.4 Å². The van der Waals surface area contributed by atoms with Crippen molar-refractivity contribution in [3.05, 3.63) is 136 Å². The van der Waals surface area contributed by atoms with Crippen molar-refractivity contribution in [2.24, 2.45) is 0 Å². The molecule has 3 aliphatic carbocycles. The van der Waals surface area contributed by atoms with E-state index in [0.29, 0.717) is 0 Å². The Hall–Kier alpha value is -8.10. The number of carbonyl (C=O) groups is 1. The molecule has 19 nitrogen and oxygen atoms in total. The second kappa shape index (κ2) is 16.5. The molecule has 0 saturated heterocycles. The normalized spacial score (nSPS) is 14.3. The van der Waals surface area contributed by atoms with E-state index in [1.165, 1.54) is 54.6 Å². The Morgan fingerprint density at radius 3 is 1.26 bits per heavy atom. The van der Waals surface area contributed by atoms with Gasteiger partial charge in [0.15, 0.2) is 26.5 Å². The van der Waals surface area contributed by atoms with Crippen LogP contribution in [0.4, 0.5) is 17.1 Å². The van der Waals surface area contributed by atoms with Crippen molar-refractivity contribution in [2.75, 3.05) is 0 Å². The summed E-state index contributed by atoms with van der Waals surface area (Å²) in [5.41, 5.74) is -1.52. The monoisotopic (exact) mass is 932 g/mol. The van der Waals surface area contributed by atoms with Gasteiger partial charge in [-0.1, -0.05) is 18.2 Å². The molecule has 0 heterocycles. The molecule has 0 aromatic heterocycles. The number of rotatable bonds is 11. The van der Waals surface area contributed by atoms with Crippen LogP contribution >= 0.6 is 0 Å². The zero-order valence-corrected chi connectivity index (χ0v) is 35.6. The molecule has 5 aromatic rings. The SMILES string of the molecule is N#[N+]c1ccc2c(c1[O-])=CCCC=2S(=O)(=O)Oc1ccc(C(=O)c2ccc(OS(=O)(=O)C3=c4ccc([N+]#N)c([O-])c4=CCC3)cc2OS(=O)(=O)C2=c3ccc([N+]#N)c([O-])c3=CCC2)cc1. The molecular formula is C43H28N6O13S3. The van der Waals surface area contributed by atoms with E-state index in [9.17, 15) is 56.2 Å². The highest BCUT2D eigenvalue weighted by Gasteiger charge is 2.30. The van der Waals surface area contributed by atoms with E-state index in [4.69, 9.17) is 17.9 Å². The smallest absolute Gasteiger partial charge is 0.378 e. The van der Waals surface area contributed by atoms with Crippen LogP contribution in [0.3, 0.4) is 0 Å². The van der Waals surface area contributed by atoms with Crippen molar-refractivity contribution in [2.45, 2.75) is 38.5 Å². The Bertz CT molecular complexity index is 3840. The minimum absolute atomic E-state index is 0.0102. The summed E-state index contributed by atoms with van der Waals surface area (Å²) in [7, 11) is -14.2. The summed E-state index contributed by atoms with van der Waals surface area (Å²) in [4.78, 5) is 22.1. The van der Waals surface area contributed by atoms with Gasteiger partial charge < -0.3 is 27.9 Å². The lowest BCUT2D eigenvalue weighted by atomic mass is 10.0. The minimum atomic E-state index is -4.92. The van der Waals surface area contributed by atoms with Gasteiger partial charge in [0.2, 0.25) is 16.2 Å². The first-order chi connectivity index (χ1) is 31.0. The lowest BCUT2D eigenvalue weighted by Gasteiger charge is -2.18. The van der Waals surface area contributed by atoms with E-state index in [0.717, 1.165) is 42.5 Å². The average Bonchev–Trinajstić information content (AvgIpc) is 3.29. The fourth-order valence-corrected chi connectivity index (χ4v) is 11.6. The first-order valence-corrected chi connectivity index (χ1v) is 23.5. The summed E-state index contributed by atoms with van der Waals surface area (Å²) >= 11 is 0. The molecule has 22 heteroatoms. The maximum absolute atomic E-state index is 14.2. The van der Waals surface area contributed by atoms with Gasteiger partial charge in [0.25, 0.3) is 0 Å². The van der Waals surface area contributed by atoms with Crippen molar-refractivity contribution in [1.29, 1.82) is 16.2 Å². The molecule has 0 fully saturated rings. The molecule has 0 atom stereocenters. The fourth-order valence-electron chi connectivity index (χ4n) is 7.71. The minimum Gasteiger partial charge on any atom is -0.867 e. The van der Waals surface area contributed by atoms with E-state index in [-0.39, 0.29) is 113 Å². The molecule has 0 bridgehead atoms. The number of ketones is 1. The number of hydrogen-bond donors (Lipinski definition) is 0. The van der Waals surface area contributed by atoms with Crippen LogP contribution in [0.25, 0.3) is 47.9 Å². The second-order valence-electron chi connectivity index (χ2n) is 14.5. The van der Waals surface area contributed by atoms with Gasteiger partial charge in [0.05, 0.1) is 20.3 Å². The molecule has 0 saturated carbocycles. The predicted molar refractivity (Wildman–Crippen MR) is 226 cm³/mol. The van der Waals surface area contributed by atoms with E-state index in [2.05, 4.69) is 14.9 Å². The number of carbonyl (C=O) groups excluding carboxylic acids is 1. The highest BCUT2D eigenvalue weighted by molar-refractivity contribution is 7.96. The van der Waals surface area contributed by atoms with Crippen molar-refractivity contribution >= 4 is 86.1 Å². The third-order valence-corrected chi connectivity index (χ3v) is 15.0. The van der Waals surface area contributed by atoms with Gasteiger partial charge in [-0.05, 0) is 142 Å². The summed E-state index contributed by atoms with van der Waals surface area (Å²) in [6.07, 6.45) is 4.51. The maximum atomic E-state index is 14.2. The highest BCUT2D eigenvalue weighted by Crippen LogP contribution is 2.34. The zero-order valence-electron chi connectivity index (χ0n) is 33.2. The van der Waals surface area contributed by atoms with Crippen LogP contribution in [0.2, 0.25) is 0 Å². The molecule has 0 spiro atoms. The van der Waals surface area contributed by atoms with E-state index in [1.807, 2.05) is 0 Å². The standard InChI is InChI=1S/C43H28N6O13S3/c44-47-33-19-16-26-29(41(33)51)4-1-7-37(26)63(54,55)60-24-12-10-23(11-13-24)40(50)32-15-14-25(61-64(56,57)38-8-2-5-30-27(38)17-20-34(48-45)42(30)52)22-36(32)62-65(58,59)39-9-3-6-31-28(39)18-21-35(49-46)43(31)53/h4-6,10-22H,1-3,7-9H2. The van der Waals surface area contributed by atoms with Gasteiger partial charge in [-0.25, -0.2) is 0 Å². The number of benzene rings is 5. The van der Waals surface area contributed by atoms with Crippen LogP contribution in [0.1, 0.15) is 54.4 Å². The Kier molecular flexibility index (Phi) is 11.1. The lowest BCUT2D eigenvalue weighted by Crippen LogP contribution is -2.35. The molecule has 8 rings (SSSR count). The van der Waals surface area contributed by atoms with Crippen LogP contribution in [0, 0.1) is 16.2 Å². The van der Waals surface area contributed by atoms with Crippen molar-refractivity contribution < 1.29 is 57.9 Å². The Balaban J connectivity index is 1.17. The van der Waals surface area contributed by atoms with Crippen LogP contribution in [0.15, 0.2) is 78.9 Å². The topological polar surface area (TPSA) is 301 Å². The first kappa shape index (κ1) is 43.5. The summed E-state index contributed by atoms with van der Waals surface area (Å²) in [6.45, 7) is 0. The maximum Gasteiger partial charge on any atom is 0.378 e. The number of nitrogens with zero attached hydrogens (tertiary/aromatic N) is 6. The molecule has 0 N–H and O–H groups in total. The molecule has 5 aromatic carbocycles. The third-order valence-electron chi connectivity index (χ3n) is 10.7. The van der Waals surface area contributed by atoms with Crippen molar-refractivity contribution in [1.82, 2.24) is 0 Å². The average molecular weight is 933 g/mol. The second-order valence-corrected chi connectivity index (χ2v) is 19.3. The summed E-state index contributed by atoms with van der Waals surface area (Å²) in [6, 6.07) is 14.8. The van der Waals surface area contributed by atoms with Crippen LogP contribution in [0.5, 0.6) is 34.5 Å². The first-order valence-electron chi connectivity index (χ1n) is 19.3. The molecule has 3 aliphatic rings. The number of fused-ring (bicyclic) bond motifs is 3. The lowest BCUT2D eigenvalue weighted by molar-refractivity contribution is -0.269. The molecule has 0 radical (unpaired) electrons. The highest BCUT2D eigenvalue weighted by atomic mass is 32.2. The number of hydrogen-bond acceptors (Lipinski definition) is 16. The molecule has 0 aliphatic heterocycles. The van der Waals surface area contributed by atoms with Crippen LogP contribution in [-0.2, 0) is 30.4 Å². The Labute approximate surface area is 368 Å². The van der Waals surface area contributed by atoms with Gasteiger partial charge in [-0.3, -0.25) is 4.79 Å². The molecular weight excluding hydrogens is 905 g/mol. The Morgan fingerprint density at radius 1 is 0.492 bits per heavy atom. The quantitative estimate of drug-likeness (QED) is 0.104. The van der Waals surface area contributed by atoms with Gasteiger partial charge in [-0.2, -0.15) is 25.3 Å². The Morgan fingerprint density at radius 2 is 0.862 bits per heavy atom. The largest absolute Gasteiger partial charge is 0.867 e. The van der Waals surface area contributed by atoms with E-state index >= 15 is 0 Å². The molecule has 0 unspecified atom stereocenters. The van der Waals surface area contributed by atoms with Gasteiger partial charge in [-0.15, -0.1) is 0 Å².